The highest BCUT2D eigenvalue weighted by molar-refractivity contribution is 5.74. The van der Waals surface area contributed by atoms with Gasteiger partial charge in [0.05, 0.1) is 31.8 Å². The number of hydrogen-bond donors (Lipinski definition) is 4. The topological polar surface area (TPSA) is 115 Å². The van der Waals surface area contributed by atoms with E-state index in [2.05, 4.69) is 0 Å². The van der Waals surface area contributed by atoms with E-state index in [1.165, 1.54) is 0 Å². The van der Waals surface area contributed by atoms with E-state index < -0.39 is 31.8 Å². The van der Waals surface area contributed by atoms with Crippen LogP contribution < -0.4 is 0 Å². The third-order valence-corrected chi connectivity index (χ3v) is 3.21. The van der Waals surface area contributed by atoms with Crippen molar-refractivity contribution in [2.45, 2.75) is 0 Å². The van der Waals surface area contributed by atoms with Gasteiger partial charge in [0, 0.05) is 11.1 Å². The first-order valence-corrected chi connectivity index (χ1v) is 7.55. The van der Waals surface area contributed by atoms with Gasteiger partial charge in [0.25, 0.3) is 0 Å². The second kappa shape index (κ2) is 14.0. The number of aliphatic hydroxyl groups excluding tert-OH is 4. The molecule has 0 amide bonds. The molecule has 2 aromatic carbocycles. The van der Waals surface area contributed by atoms with Crippen LogP contribution in [0.5, 0.6) is 0 Å². The number of rotatable bonds is 6. The molecule has 0 heterocycles. The van der Waals surface area contributed by atoms with E-state index in [9.17, 15) is 9.59 Å². The lowest BCUT2D eigenvalue weighted by Gasteiger charge is -2.23. The standard InChI is InChI=1S/2C7H6O.C5H12O4/c2*8-6-7-4-2-1-3-5-7;6-1-5(2-7,3-8)4-9/h2*1-6H;6-9H,1-4H2. The average Bonchev–Trinajstić information content (AvgIpc) is 2.72. The Morgan fingerprint density at radius 1 is 0.600 bits per heavy atom. The monoisotopic (exact) mass is 348 g/mol. The molecule has 6 heteroatoms. The fourth-order valence-electron chi connectivity index (χ4n) is 1.36. The largest absolute Gasteiger partial charge is 0.396 e. The van der Waals surface area contributed by atoms with E-state index in [1.54, 1.807) is 24.3 Å². The molecule has 0 spiro atoms. The molecular weight excluding hydrogens is 324 g/mol. The lowest BCUT2D eigenvalue weighted by molar-refractivity contribution is -0.0328. The number of carbonyl (C=O) groups is 2. The number of aldehydes is 2. The van der Waals surface area contributed by atoms with Gasteiger partial charge in [-0.05, 0) is 0 Å². The van der Waals surface area contributed by atoms with Gasteiger partial charge in [-0.15, -0.1) is 0 Å². The summed E-state index contributed by atoms with van der Waals surface area (Å²) in [6.45, 7) is -1.62. The van der Waals surface area contributed by atoms with Gasteiger partial charge in [0.2, 0.25) is 0 Å². The number of carbonyl (C=O) groups excluding carboxylic acids is 2. The van der Waals surface area contributed by atoms with Crippen LogP contribution in [0.3, 0.4) is 0 Å². The summed E-state index contributed by atoms with van der Waals surface area (Å²) in [5.41, 5.74) is 0.347. The van der Waals surface area contributed by atoms with Gasteiger partial charge in [0.15, 0.2) is 0 Å². The minimum atomic E-state index is -1.11. The van der Waals surface area contributed by atoms with Crippen molar-refractivity contribution in [3.63, 3.8) is 0 Å². The summed E-state index contributed by atoms with van der Waals surface area (Å²) >= 11 is 0. The molecule has 0 radical (unpaired) electrons. The molecular formula is C19H24O6. The van der Waals surface area contributed by atoms with Crippen LogP contribution in [0.4, 0.5) is 0 Å². The van der Waals surface area contributed by atoms with Crippen LogP contribution in [0.1, 0.15) is 20.7 Å². The van der Waals surface area contributed by atoms with Crippen molar-refractivity contribution in [2.24, 2.45) is 5.41 Å². The summed E-state index contributed by atoms with van der Waals surface area (Å²) in [5.74, 6) is 0. The minimum Gasteiger partial charge on any atom is -0.396 e. The highest BCUT2D eigenvalue weighted by Gasteiger charge is 2.26. The van der Waals surface area contributed by atoms with Crippen LogP contribution in [-0.4, -0.2) is 59.4 Å². The van der Waals surface area contributed by atoms with Gasteiger partial charge in [-0.25, -0.2) is 0 Å². The molecule has 0 saturated heterocycles. The third-order valence-electron chi connectivity index (χ3n) is 3.21. The van der Waals surface area contributed by atoms with Crippen molar-refractivity contribution < 1.29 is 30.0 Å². The Morgan fingerprint density at radius 3 is 1.00 bits per heavy atom. The molecule has 0 atom stereocenters. The first-order chi connectivity index (χ1) is 12.1. The van der Waals surface area contributed by atoms with Crippen molar-refractivity contribution in [1.82, 2.24) is 0 Å². The molecule has 0 aromatic heterocycles. The van der Waals surface area contributed by atoms with E-state index >= 15 is 0 Å². The molecule has 0 fully saturated rings. The molecule has 2 aromatic rings. The highest BCUT2D eigenvalue weighted by atomic mass is 16.3. The van der Waals surface area contributed by atoms with Gasteiger partial charge in [-0.2, -0.15) is 0 Å². The molecule has 136 valence electrons. The summed E-state index contributed by atoms with van der Waals surface area (Å²) in [4.78, 5) is 20.0. The first-order valence-electron chi connectivity index (χ1n) is 7.55. The maximum atomic E-state index is 10.0. The fraction of sp³-hybridized carbons (Fsp3) is 0.263. The van der Waals surface area contributed by atoms with Crippen LogP contribution in [0.2, 0.25) is 0 Å². The first kappa shape index (κ1) is 22.6. The number of benzene rings is 2. The van der Waals surface area contributed by atoms with Crippen molar-refractivity contribution in [3.05, 3.63) is 71.8 Å². The van der Waals surface area contributed by atoms with E-state index in [1.807, 2.05) is 36.4 Å². The van der Waals surface area contributed by atoms with Crippen molar-refractivity contribution in [1.29, 1.82) is 0 Å². The predicted octanol–water partition coefficient (Wildman–Crippen LogP) is 0.940. The maximum absolute atomic E-state index is 10.0. The van der Waals surface area contributed by atoms with Crippen molar-refractivity contribution >= 4 is 12.6 Å². The maximum Gasteiger partial charge on any atom is 0.150 e. The lowest BCUT2D eigenvalue weighted by atomic mass is 9.93. The molecule has 0 unspecified atom stereocenters. The number of hydrogen-bond acceptors (Lipinski definition) is 6. The average molecular weight is 348 g/mol. The zero-order valence-corrected chi connectivity index (χ0v) is 13.9. The second-order valence-electron chi connectivity index (χ2n) is 5.19. The SMILES string of the molecule is O=Cc1ccccc1.O=Cc1ccccc1.OCC(CO)(CO)CO. The summed E-state index contributed by atoms with van der Waals surface area (Å²) in [6.07, 6.45) is 1.67. The third kappa shape index (κ3) is 9.49. The predicted molar refractivity (Wildman–Crippen MR) is 94.4 cm³/mol. The van der Waals surface area contributed by atoms with Gasteiger partial charge < -0.3 is 20.4 Å². The van der Waals surface area contributed by atoms with Crippen molar-refractivity contribution in [2.75, 3.05) is 26.4 Å². The van der Waals surface area contributed by atoms with Crippen LogP contribution in [0.15, 0.2) is 60.7 Å². The second-order valence-corrected chi connectivity index (χ2v) is 5.19. The molecule has 0 aliphatic heterocycles. The van der Waals surface area contributed by atoms with E-state index in [0.717, 1.165) is 23.7 Å². The highest BCUT2D eigenvalue weighted by Crippen LogP contribution is 2.11. The molecule has 0 bridgehead atoms. The Balaban J connectivity index is 0.000000346. The Morgan fingerprint density at radius 2 is 0.880 bits per heavy atom. The Kier molecular flexibility index (Phi) is 12.7. The van der Waals surface area contributed by atoms with Gasteiger partial charge in [-0.3, -0.25) is 9.59 Å². The summed E-state index contributed by atoms with van der Waals surface area (Å²) in [5, 5.41) is 34.0. The quantitative estimate of drug-likeness (QED) is 0.578. The number of aliphatic hydroxyl groups is 4. The summed E-state index contributed by atoms with van der Waals surface area (Å²) < 4.78 is 0. The van der Waals surface area contributed by atoms with Crippen molar-refractivity contribution in [3.8, 4) is 0 Å². The van der Waals surface area contributed by atoms with Crippen LogP contribution >= 0.6 is 0 Å². The van der Waals surface area contributed by atoms with Gasteiger partial charge >= 0.3 is 0 Å². The molecule has 0 aliphatic carbocycles. The summed E-state index contributed by atoms with van der Waals surface area (Å²) in [7, 11) is 0. The zero-order valence-electron chi connectivity index (χ0n) is 13.9. The van der Waals surface area contributed by atoms with Crippen LogP contribution in [0.25, 0.3) is 0 Å². The Hall–Kier alpha value is -2.38. The molecule has 4 N–H and O–H groups in total. The molecule has 25 heavy (non-hydrogen) atoms. The zero-order chi connectivity index (χ0) is 19.0. The van der Waals surface area contributed by atoms with E-state index in [-0.39, 0.29) is 0 Å². The van der Waals surface area contributed by atoms with Gasteiger partial charge in [-0.1, -0.05) is 60.7 Å². The lowest BCUT2D eigenvalue weighted by Crippen LogP contribution is -2.37. The Bertz CT molecular complexity index is 506. The smallest absolute Gasteiger partial charge is 0.150 e. The van der Waals surface area contributed by atoms with Gasteiger partial charge in [0.1, 0.15) is 12.6 Å². The van der Waals surface area contributed by atoms with E-state index in [0.29, 0.717) is 0 Å². The summed E-state index contributed by atoms with van der Waals surface area (Å²) in [6, 6.07) is 18.2. The van der Waals surface area contributed by atoms with E-state index in [4.69, 9.17) is 20.4 Å². The van der Waals surface area contributed by atoms with Crippen LogP contribution in [0, 0.1) is 5.41 Å². The molecule has 2 rings (SSSR count). The fourth-order valence-corrected chi connectivity index (χ4v) is 1.36. The normalized spacial score (nSPS) is 9.76. The molecule has 0 aliphatic rings. The molecule has 6 nitrogen and oxygen atoms in total. The molecule has 0 saturated carbocycles. The Labute approximate surface area is 147 Å². The van der Waals surface area contributed by atoms with Crippen LogP contribution in [-0.2, 0) is 0 Å². The minimum absolute atomic E-state index is 0.406.